The molecule has 0 aromatic heterocycles. The first-order valence-electron chi connectivity index (χ1n) is 12.4. The summed E-state index contributed by atoms with van der Waals surface area (Å²) in [5, 5.41) is 6.19. The summed E-state index contributed by atoms with van der Waals surface area (Å²) in [6.45, 7) is 2.13. The van der Waals surface area contributed by atoms with Crippen molar-refractivity contribution in [2.24, 2.45) is 0 Å². The number of rotatable bonds is 6. The molecule has 3 aliphatic heterocycles. The van der Waals surface area contributed by atoms with E-state index in [2.05, 4.69) is 10.6 Å². The van der Waals surface area contributed by atoms with Gasteiger partial charge in [-0.3, -0.25) is 19.2 Å². The normalized spacial score (nSPS) is 29.0. The van der Waals surface area contributed by atoms with E-state index in [1.54, 1.807) is 36.1 Å². The van der Waals surface area contributed by atoms with Gasteiger partial charge in [-0.25, -0.2) is 0 Å². The number of cyclic esters (lactones) is 1. The standard InChI is InChI=1S/C25H32ClN3O6/c1-2-34-25-19(14-21(30)35-25)28-23(32)20-12-6-10-17-9-3-4-11-18(24(33)29(17)20)27-22(31)15-7-5-8-16(26)13-15/h5,7-8,13,17-20,25H,2-4,6,9-12,14H2,1H3,(H,27,31)(H,28,32)/t17-,18-,19?,20-,25?/m0/s1. The molecule has 2 unspecified atom stereocenters. The van der Waals surface area contributed by atoms with Crippen LogP contribution in [0.15, 0.2) is 24.3 Å². The van der Waals surface area contributed by atoms with Gasteiger partial charge < -0.3 is 25.0 Å². The monoisotopic (exact) mass is 505 g/mol. The molecule has 3 saturated heterocycles. The van der Waals surface area contributed by atoms with Gasteiger partial charge in [-0.05, 0) is 57.2 Å². The van der Waals surface area contributed by atoms with Crippen LogP contribution in [0, 0.1) is 0 Å². The van der Waals surface area contributed by atoms with Crippen molar-refractivity contribution in [3.63, 3.8) is 0 Å². The molecule has 0 saturated carbocycles. The molecule has 1 aromatic rings. The number of esters is 1. The number of hydrogen-bond acceptors (Lipinski definition) is 6. The zero-order chi connectivity index (χ0) is 24.9. The van der Waals surface area contributed by atoms with Crippen LogP contribution in [0.1, 0.15) is 68.6 Å². The van der Waals surface area contributed by atoms with Crippen molar-refractivity contribution in [1.82, 2.24) is 15.5 Å². The minimum absolute atomic E-state index is 0.0266. The largest absolute Gasteiger partial charge is 0.433 e. The summed E-state index contributed by atoms with van der Waals surface area (Å²) in [4.78, 5) is 53.4. The van der Waals surface area contributed by atoms with Gasteiger partial charge >= 0.3 is 5.97 Å². The zero-order valence-electron chi connectivity index (χ0n) is 19.8. The summed E-state index contributed by atoms with van der Waals surface area (Å²) in [5.74, 6) is -1.37. The number of carbonyl (C=O) groups is 4. The average molecular weight is 506 g/mol. The van der Waals surface area contributed by atoms with Crippen molar-refractivity contribution in [3.8, 4) is 0 Å². The Hall–Kier alpha value is -2.65. The van der Waals surface area contributed by atoms with Gasteiger partial charge in [-0.15, -0.1) is 0 Å². The molecule has 9 nitrogen and oxygen atoms in total. The average Bonchev–Trinajstić information content (AvgIpc) is 3.17. The number of halogens is 1. The SMILES string of the molecule is CCOC1OC(=O)CC1NC(=O)[C@@H]1CCC[C@@H]2CCCC[C@H](NC(=O)c3cccc(Cl)c3)C(=O)N21. The molecule has 3 fully saturated rings. The Balaban J connectivity index is 1.50. The molecule has 3 heterocycles. The molecule has 0 bridgehead atoms. The maximum absolute atomic E-state index is 13.7. The first-order valence-corrected chi connectivity index (χ1v) is 12.7. The van der Waals surface area contributed by atoms with E-state index < -0.39 is 30.4 Å². The zero-order valence-corrected chi connectivity index (χ0v) is 20.6. The number of fused-ring (bicyclic) bond motifs is 1. The van der Waals surface area contributed by atoms with E-state index in [1.165, 1.54) is 0 Å². The predicted octanol–water partition coefficient (Wildman–Crippen LogP) is 2.56. The second-order valence-corrected chi connectivity index (χ2v) is 9.74. The van der Waals surface area contributed by atoms with Crippen LogP contribution in [-0.2, 0) is 23.9 Å². The Morgan fingerprint density at radius 3 is 2.66 bits per heavy atom. The Kier molecular flexibility index (Phi) is 8.28. The van der Waals surface area contributed by atoms with Crippen LogP contribution in [0.4, 0.5) is 0 Å². The molecule has 10 heteroatoms. The fraction of sp³-hybridized carbons (Fsp3) is 0.600. The quantitative estimate of drug-likeness (QED) is 0.574. The van der Waals surface area contributed by atoms with Gasteiger partial charge in [0, 0.05) is 23.2 Å². The van der Waals surface area contributed by atoms with Crippen LogP contribution in [0.3, 0.4) is 0 Å². The molecule has 0 aliphatic carbocycles. The topological polar surface area (TPSA) is 114 Å². The third kappa shape index (κ3) is 5.95. The summed E-state index contributed by atoms with van der Waals surface area (Å²) >= 11 is 6.02. The highest BCUT2D eigenvalue weighted by Crippen LogP contribution is 2.31. The molecule has 5 atom stereocenters. The smallest absolute Gasteiger partial charge is 0.310 e. The van der Waals surface area contributed by atoms with Crippen molar-refractivity contribution in [1.29, 1.82) is 0 Å². The van der Waals surface area contributed by atoms with Crippen molar-refractivity contribution in [3.05, 3.63) is 34.9 Å². The molecule has 2 N–H and O–H groups in total. The molecule has 0 radical (unpaired) electrons. The van der Waals surface area contributed by atoms with E-state index in [4.69, 9.17) is 21.1 Å². The van der Waals surface area contributed by atoms with Gasteiger partial charge in [-0.2, -0.15) is 0 Å². The maximum Gasteiger partial charge on any atom is 0.310 e. The van der Waals surface area contributed by atoms with Crippen LogP contribution in [0.25, 0.3) is 0 Å². The van der Waals surface area contributed by atoms with Crippen molar-refractivity contribution >= 4 is 35.3 Å². The van der Waals surface area contributed by atoms with Crippen LogP contribution >= 0.6 is 11.6 Å². The van der Waals surface area contributed by atoms with Gasteiger partial charge in [0.25, 0.3) is 5.91 Å². The Bertz CT molecular complexity index is 972. The maximum atomic E-state index is 13.7. The summed E-state index contributed by atoms with van der Waals surface area (Å²) in [6.07, 6.45) is 4.38. The first kappa shape index (κ1) is 25.4. The van der Waals surface area contributed by atoms with Crippen molar-refractivity contribution < 1.29 is 28.7 Å². The lowest BCUT2D eigenvalue weighted by molar-refractivity contribution is -0.165. The van der Waals surface area contributed by atoms with Crippen LogP contribution in [-0.4, -0.2) is 65.7 Å². The van der Waals surface area contributed by atoms with Gasteiger partial charge in [-0.1, -0.05) is 30.5 Å². The number of nitrogens with one attached hydrogen (secondary N) is 2. The lowest BCUT2D eigenvalue weighted by Crippen LogP contribution is -2.62. The van der Waals surface area contributed by atoms with E-state index in [1.807, 2.05) is 0 Å². The minimum atomic E-state index is -0.830. The van der Waals surface area contributed by atoms with E-state index in [9.17, 15) is 19.2 Å². The second-order valence-electron chi connectivity index (χ2n) is 9.30. The molecule has 190 valence electrons. The Morgan fingerprint density at radius 1 is 1.11 bits per heavy atom. The molecule has 0 spiro atoms. The minimum Gasteiger partial charge on any atom is -0.433 e. The highest BCUT2D eigenvalue weighted by molar-refractivity contribution is 6.31. The molecule has 3 amide bonds. The number of amides is 3. The van der Waals surface area contributed by atoms with E-state index >= 15 is 0 Å². The van der Waals surface area contributed by atoms with E-state index in [-0.39, 0.29) is 30.2 Å². The highest BCUT2D eigenvalue weighted by Gasteiger charge is 2.44. The highest BCUT2D eigenvalue weighted by atomic mass is 35.5. The first-order chi connectivity index (χ1) is 16.9. The van der Waals surface area contributed by atoms with Gasteiger partial charge in [0.05, 0.1) is 6.42 Å². The third-order valence-electron chi connectivity index (χ3n) is 6.89. The fourth-order valence-corrected chi connectivity index (χ4v) is 5.43. The predicted molar refractivity (Wildman–Crippen MR) is 128 cm³/mol. The fourth-order valence-electron chi connectivity index (χ4n) is 5.24. The molecular weight excluding hydrogens is 474 g/mol. The number of hydrogen-bond donors (Lipinski definition) is 2. The summed E-state index contributed by atoms with van der Waals surface area (Å²) in [5.41, 5.74) is 0.379. The molecule has 3 aliphatic rings. The number of piperidine rings is 1. The number of carbonyl (C=O) groups excluding carboxylic acids is 4. The second kappa shape index (κ2) is 11.4. The third-order valence-corrected chi connectivity index (χ3v) is 7.13. The molecule has 35 heavy (non-hydrogen) atoms. The van der Waals surface area contributed by atoms with Crippen LogP contribution in [0.2, 0.25) is 5.02 Å². The van der Waals surface area contributed by atoms with E-state index in [0.717, 1.165) is 32.1 Å². The Labute approximate surface area is 209 Å². The lowest BCUT2D eigenvalue weighted by Gasteiger charge is -2.44. The summed E-state index contributed by atoms with van der Waals surface area (Å²) < 4.78 is 10.6. The van der Waals surface area contributed by atoms with Gasteiger partial charge in [0.1, 0.15) is 18.1 Å². The van der Waals surface area contributed by atoms with Crippen molar-refractivity contribution in [2.75, 3.05) is 6.61 Å². The van der Waals surface area contributed by atoms with Crippen LogP contribution < -0.4 is 10.6 Å². The molecule has 1 aromatic carbocycles. The summed E-state index contributed by atoms with van der Waals surface area (Å²) in [7, 11) is 0. The number of benzene rings is 1. The van der Waals surface area contributed by atoms with Crippen molar-refractivity contribution in [2.45, 2.75) is 88.7 Å². The summed E-state index contributed by atoms with van der Waals surface area (Å²) in [6, 6.07) is 4.50. The number of ether oxygens (including phenoxy) is 2. The van der Waals surface area contributed by atoms with Gasteiger partial charge in [0.2, 0.25) is 18.1 Å². The van der Waals surface area contributed by atoms with Crippen LogP contribution in [0.5, 0.6) is 0 Å². The van der Waals surface area contributed by atoms with E-state index in [0.29, 0.717) is 30.0 Å². The molecular formula is C25H32ClN3O6. The van der Waals surface area contributed by atoms with Gasteiger partial charge in [0.15, 0.2) is 0 Å². The Morgan fingerprint density at radius 2 is 1.89 bits per heavy atom. The molecule has 4 rings (SSSR count). The lowest BCUT2D eigenvalue weighted by atomic mass is 9.88. The number of nitrogens with zero attached hydrogens (tertiary/aromatic N) is 1.